The Labute approximate surface area is 171 Å². The Morgan fingerprint density at radius 2 is 1.60 bits per heavy atom. The number of nitrogens with one attached hydrogen (secondary N) is 4. The van der Waals surface area contributed by atoms with Crippen LogP contribution in [0.25, 0.3) is 0 Å². The highest BCUT2D eigenvalue weighted by atomic mass is 19.4. The van der Waals surface area contributed by atoms with Crippen molar-refractivity contribution in [3.05, 3.63) is 90.5 Å². The fraction of sp³-hybridized carbons (Fsp3) is 0.0952. The largest absolute Gasteiger partial charge is 0.433 e. The molecule has 9 heteroatoms. The molecule has 154 valence electrons. The molecule has 1 aromatic heterocycles. The quantitative estimate of drug-likeness (QED) is 0.330. The number of aromatic nitrogens is 1. The van der Waals surface area contributed by atoms with Crippen LogP contribution in [-0.4, -0.2) is 11.5 Å². The Kier molecular flexibility index (Phi) is 6.63. The SMILES string of the molecule is N=N/C(=C\Nc1ccc(Nc2ccccc2)cc1)CNc1ccnc(C(F)(F)F)c1. The number of alkyl halides is 3. The Bertz CT molecular complexity index is 1000. The summed E-state index contributed by atoms with van der Waals surface area (Å²) in [5.74, 6) is 0. The lowest BCUT2D eigenvalue weighted by Gasteiger charge is -2.10. The van der Waals surface area contributed by atoms with Gasteiger partial charge in [-0.05, 0) is 48.5 Å². The maximum Gasteiger partial charge on any atom is 0.433 e. The minimum Gasteiger partial charge on any atom is -0.379 e. The van der Waals surface area contributed by atoms with E-state index in [1.807, 2.05) is 54.6 Å². The van der Waals surface area contributed by atoms with Crippen LogP contribution in [0.3, 0.4) is 0 Å². The van der Waals surface area contributed by atoms with Crippen molar-refractivity contribution in [2.24, 2.45) is 5.11 Å². The molecule has 1 heterocycles. The second kappa shape index (κ2) is 9.55. The second-order valence-electron chi connectivity index (χ2n) is 6.24. The molecule has 0 unspecified atom stereocenters. The Morgan fingerprint density at radius 3 is 2.27 bits per heavy atom. The molecule has 4 N–H and O–H groups in total. The van der Waals surface area contributed by atoms with E-state index in [1.165, 1.54) is 12.3 Å². The van der Waals surface area contributed by atoms with Gasteiger partial charge < -0.3 is 16.0 Å². The van der Waals surface area contributed by atoms with Gasteiger partial charge in [0, 0.05) is 35.1 Å². The summed E-state index contributed by atoms with van der Waals surface area (Å²) in [6, 6.07) is 19.6. The molecule has 0 aliphatic heterocycles. The van der Waals surface area contributed by atoms with Crippen molar-refractivity contribution in [3.8, 4) is 0 Å². The Hall–Kier alpha value is -3.88. The number of hydrogen-bond donors (Lipinski definition) is 4. The molecule has 0 aliphatic carbocycles. The van der Waals surface area contributed by atoms with Crippen LogP contribution >= 0.6 is 0 Å². The molecule has 2 aromatic carbocycles. The normalized spacial score (nSPS) is 11.6. The predicted molar refractivity (Wildman–Crippen MR) is 111 cm³/mol. The van der Waals surface area contributed by atoms with Crippen molar-refractivity contribution in [3.63, 3.8) is 0 Å². The lowest BCUT2D eigenvalue weighted by Crippen LogP contribution is -2.10. The molecule has 0 aliphatic rings. The number of pyridine rings is 1. The van der Waals surface area contributed by atoms with Gasteiger partial charge in [-0.3, -0.25) is 4.98 Å². The van der Waals surface area contributed by atoms with E-state index < -0.39 is 11.9 Å². The van der Waals surface area contributed by atoms with Gasteiger partial charge in [0.05, 0.1) is 12.2 Å². The van der Waals surface area contributed by atoms with Crippen LogP contribution in [0.5, 0.6) is 0 Å². The number of hydrogen-bond acceptors (Lipinski definition) is 6. The van der Waals surface area contributed by atoms with E-state index in [2.05, 4.69) is 26.0 Å². The maximum absolute atomic E-state index is 12.7. The number of nitrogens with zero attached hydrogens (tertiary/aromatic N) is 2. The standard InChI is InChI=1S/C21H19F3N6/c22-21(23,24)20-12-18(10-11-26-20)28-14-19(30-25)13-27-15-6-8-17(9-7-15)29-16-4-2-1-3-5-16/h1-13,25,27,29H,14H2,(H,26,28)/b19-13-,30-25?. The van der Waals surface area contributed by atoms with Gasteiger partial charge >= 0.3 is 6.18 Å². The van der Waals surface area contributed by atoms with Crippen LogP contribution in [0, 0.1) is 5.53 Å². The summed E-state index contributed by atoms with van der Waals surface area (Å²) in [6.45, 7) is 0.0749. The number of para-hydroxylation sites is 1. The van der Waals surface area contributed by atoms with E-state index in [0.717, 1.165) is 29.3 Å². The smallest absolute Gasteiger partial charge is 0.379 e. The average molecular weight is 412 g/mol. The molecule has 0 bridgehead atoms. The summed E-state index contributed by atoms with van der Waals surface area (Å²) in [5, 5.41) is 12.5. The van der Waals surface area contributed by atoms with Crippen LogP contribution in [0.2, 0.25) is 0 Å². The molecule has 0 saturated heterocycles. The third-order valence-corrected chi connectivity index (χ3v) is 4.02. The van der Waals surface area contributed by atoms with Crippen LogP contribution in [0.15, 0.2) is 89.9 Å². The highest BCUT2D eigenvalue weighted by Gasteiger charge is 2.32. The lowest BCUT2D eigenvalue weighted by atomic mass is 10.2. The van der Waals surface area contributed by atoms with Gasteiger partial charge in [-0.25, -0.2) is 5.53 Å². The van der Waals surface area contributed by atoms with Crippen molar-refractivity contribution in [2.75, 3.05) is 22.5 Å². The van der Waals surface area contributed by atoms with Crippen LogP contribution < -0.4 is 16.0 Å². The number of halogens is 3. The van der Waals surface area contributed by atoms with Gasteiger partial charge in [0.25, 0.3) is 0 Å². The van der Waals surface area contributed by atoms with Crippen molar-refractivity contribution in [1.29, 1.82) is 5.53 Å². The molecule has 0 radical (unpaired) electrons. The molecule has 0 spiro atoms. The van der Waals surface area contributed by atoms with Gasteiger partial charge in [-0.1, -0.05) is 18.2 Å². The predicted octanol–water partition coefficient (Wildman–Crippen LogP) is 6.24. The minimum atomic E-state index is -4.51. The molecule has 6 nitrogen and oxygen atoms in total. The molecular weight excluding hydrogens is 393 g/mol. The molecule has 0 fully saturated rings. The summed E-state index contributed by atoms with van der Waals surface area (Å²) >= 11 is 0. The van der Waals surface area contributed by atoms with Gasteiger partial charge in [0.2, 0.25) is 0 Å². The van der Waals surface area contributed by atoms with Crippen molar-refractivity contribution < 1.29 is 13.2 Å². The molecular formula is C21H19F3N6. The Morgan fingerprint density at radius 1 is 0.933 bits per heavy atom. The summed E-state index contributed by atoms with van der Waals surface area (Å²) in [7, 11) is 0. The summed E-state index contributed by atoms with van der Waals surface area (Å²) in [6.07, 6.45) is -1.92. The number of benzene rings is 2. The van der Waals surface area contributed by atoms with Gasteiger partial charge in [0.1, 0.15) is 5.69 Å². The monoisotopic (exact) mass is 412 g/mol. The maximum atomic E-state index is 12.7. The van der Waals surface area contributed by atoms with Gasteiger partial charge in [-0.15, -0.1) is 0 Å². The minimum absolute atomic E-state index is 0.0749. The number of anilines is 4. The van der Waals surface area contributed by atoms with Crippen LogP contribution in [-0.2, 0) is 6.18 Å². The highest BCUT2D eigenvalue weighted by Crippen LogP contribution is 2.28. The van der Waals surface area contributed by atoms with E-state index in [0.29, 0.717) is 5.70 Å². The second-order valence-corrected chi connectivity index (χ2v) is 6.24. The first-order chi connectivity index (χ1) is 14.4. The molecule has 30 heavy (non-hydrogen) atoms. The fourth-order valence-electron chi connectivity index (χ4n) is 2.52. The van der Waals surface area contributed by atoms with E-state index in [9.17, 15) is 13.2 Å². The molecule has 3 rings (SSSR count). The average Bonchev–Trinajstić information content (AvgIpc) is 2.75. The van der Waals surface area contributed by atoms with Gasteiger partial charge in [0.15, 0.2) is 0 Å². The van der Waals surface area contributed by atoms with Crippen molar-refractivity contribution >= 4 is 22.7 Å². The zero-order valence-corrected chi connectivity index (χ0v) is 15.7. The van der Waals surface area contributed by atoms with E-state index in [4.69, 9.17) is 5.53 Å². The van der Waals surface area contributed by atoms with E-state index >= 15 is 0 Å². The van der Waals surface area contributed by atoms with E-state index in [1.54, 1.807) is 0 Å². The van der Waals surface area contributed by atoms with Crippen LogP contribution in [0.1, 0.15) is 5.69 Å². The fourth-order valence-corrected chi connectivity index (χ4v) is 2.52. The zero-order chi connectivity index (χ0) is 21.4. The first-order valence-corrected chi connectivity index (χ1v) is 8.96. The van der Waals surface area contributed by atoms with Crippen molar-refractivity contribution in [1.82, 2.24) is 4.98 Å². The van der Waals surface area contributed by atoms with Crippen molar-refractivity contribution in [2.45, 2.75) is 6.18 Å². The first kappa shape index (κ1) is 20.8. The summed E-state index contributed by atoms with van der Waals surface area (Å²) in [4.78, 5) is 3.31. The molecule has 0 amide bonds. The molecule has 3 aromatic rings. The third kappa shape index (κ3) is 6.06. The number of rotatable bonds is 8. The zero-order valence-electron chi connectivity index (χ0n) is 15.7. The first-order valence-electron chi connectivity index (χ1n) is 8.96. The topological polar surface area (TPSA) is 85.2 Å². The highest BCUT2D eigenvalue weighted by molar-refractivity contribution is 5.62. The Balaban J connectivity index is 1.57. The van der Waals surface area contributed by atoms with Gasteiger partial charge in [-0.2, -0.15) is 18.3 Å². The van der Waals surface area contributed by atoms with Crippen LogP contribution in [0.4, 0.5) is 35.9 Å². The summed E-state index contributed by atoms with van der Waals surface area (Å²) in [5.41, 5.74) is 9.50. The molecule has 0 saturated carbocycles. The molecule has 0 atom stereocenters. The summed E-state index contributed by atoms with van der Waals surface area (Å²) < 4.78 is 38.2. The van der Waals surface area contributed by atoms with E-state index in [-0.39, 0.29) is 12.2 Å². The third-order valence-electron chi connectivity index (χ3n) is 4.02. The lowest BCUT2D eigenvalue weighted by molar-refractivity contribution is -0.141.